The van der Waals surface area contributed by atoms with Crippen LogP contribution in [0.5, 0.6) is 0 Å². The quantitative estimate of drug-likeness (QED) is 0.211. The molecule has 0 spiro atoms. The molecule has 10 heteroatoms. The summed E-state index contributed by atoms with van der Waals surface area (Å²) in [6, 6.07) is 25.1. The number of para-hydroxylation sites is 1. The molecule has 2 aliphatic heterocycles. The van der Waals surface area contributed by atoms with Crippen molar-refractivity contribution in [2.45, 2.75) is 50.9 Å². The number of carbonyl (C=O) groups excluding carboxylic acids is 3. The molecule has 3 N–H and O–H groups in total. The van der Waals surface area contributed by atoms with Crippen LogP contribution in [0.1, 0.15) is 50.4 Å². The first-order chi connectivity index (χ1) is 22.0. The topological polar surface area (TPSA) is 118 Å². The molecule has 2 aliphatic rings. The average molecular weight is 615 g/mol. The zero-order valence-corrected chi connectivity index (χ0v) is 25.5. The van der Waals surface area contributed by atoms with E-state index in [0.717, 1.165) is 54.7 Å². The van der Waals surface area contributed by atoms with E-state index < -0.39 is 6.09 Å². The van der Waals surface area contributed by atoms with Gasteiger partial charge in [-0.1, -0.05) is 60.7 Å². The molecule has 5 rings (SSSR count). The first-order valence-corrected chi connectivity index (χ1v) is 15.8. The number of nitrogens with zero attached hydrogens (tertiary/aromatic N) is 1. The Morgan fingerprint density at radius 2 is 1.49 bits per heavy atom. The van der Waals surface area contributed by atoms with Crippen molar-refractivity contribution in [1.29, 1.82) is 0 Å². The van der Waals surface area contributed by atoms with E-state index in [1.165, 1.54) is 0 Å². The maximum Gasteiger partial charge on any atom is 0.411 e. The van der Waals surface area contributed by atoms with Crippen molar-refractivity contribution >= 4 is 29.3 Å². The van der Waals surface area contributed by atoms with E-state index in [1.54, 1.807) is 0 Å². The molecule has 45 heavy (non-hydrogen) atoms. The number of rotatable bonds is 13. The van der Waals surface area contributed by atoms with Gasteiger partial charge in [0, 0.05) is 55.8 Å². The molecule has 0 saturated carbocycles. The molecule has 0 atom stereocenters. The highest BCUT2D eigenvalue weighted by Crippen LogP contribution is 2.28. The zero-order valence-electron chi connectivity index (χ0n) is 25.5. The van der Waals surface area contributed by atoms with Gasteiger partial charge in [-0.25, -0.2) is 4.79 Å². The van der Waals surface area contributed by atoms with Gasteiger partial charge in [-0.2, -0.15) is 0 Å². The van der Waals surface area contributed by atoms with Crippen LogP contribution in [-0.2, 0) is 23.8 Å². The number of benzene rings is 3. The summed E-state index contributed by atoms with van der Waals surface area (Å²) in [6.45, 7) is 3.93. The van der Waals surface area contributed by atoms with Crippen molar-refractivity contribution in [3.63, 3.8) is 0 Å². The number of hydrogen-bond acceptors (Lipinski definition) is 7. The summed E-state index contributed by atoms with van der Waals surface area (Å²) >= 11 is 0. The van der Waals surface area contributed by atoms with Crippen LogP contribution < -0.4 is 16.0 Å². The largest absolute Gasteiger partial charge is 0.446 e. The van der Waals surface area contributed by atoms with E-state index in [0.29, 0.717) is 51.3 Å². The molecule has 3 amide bonds. The Bertz CT molecular complexity index is 1390. The molecule has 0 aliphatic carbocycles. The second kappa shape index (κ2) is 16.7. The van der Waals surface area contributed by atoms with Crippen LogP contribution in [0, 0.1) is 0 Å². The smallest absolute Gasteiger partial charge is 0.411 e. The number of carbonyl (C=O) groups is 3. The number of ether oxygens (including phenoxy) is 3. The molecule has 2 fully saturated rings. The van der Waals surface area contributed by atoms with Gasteiger partial charge in [-0.05, 0) is 49.4 Å². The van der Waals surface area contributed by atoms with Gasteiger partial charge in [-0.15, -0.1) is 0 Å². The van der Waals surface area contributed by atoms with Crippen molar-refractivity contribution in [2.75, 3.05) is 50.0 Å². The molecule has 0 unspecified atom stereocenters. The van der Waals surface area contributed by atoms with Crippen molar-refractivity contribution in [2.24, 2.45) is 0 Å². The van der Waals surface area contributed by atoms with Gasteiger partial charge in [0.05, 0.1) is 18.9 Å². The van der Waals surface area contributed by atoms with Crippen LogP contribution in [-0.4, -0.2) is 68.3 Å². The van der Waals surface area contributed by atoms with Gasteiger partial charge < -0.3 is 29.7 Å². The number of anilines is 2. The lowest BCUT2D eigenvalue weighted by Gasteiger charge is -2.31. The normalized spacial score (nSPS) is 15.8. The average Bonchev–Trinajstić information content (AvgIpc) is 3.61. The van der Waals surface area contributed by atoms with Gasteiger partial charge in [0.15, 0.2) is 6.29 Å². The minimum Gasteiger partial charge on any atom is -0.446 e. The molecular weight excluding hydrogens is 572 g/mol. The van der Waals surface area contributed by atoms with E-state index in [1.807, 2.05) is 78.9 Å². The van der Waals surface area contributed by atoms with Crippen molar-refractivity contribution in [1.82, 2.24) is 10.2 Å². The van der Waals surface area contributed by atoms with E-state index >= 15 is 0 Å². The third-order valence-corrected chi connectivity index (χ3v) is 7.95. The lowest BCUT2D eigenvalue weighted by molar-refractivity contribution is -0.121. The second-order valence-electron chi connectivity index (χ2n) is 11.3. The van der Waals surface area contributed by atoms with Crippen LogP contribution in [0.25, 0.3) is 11.1 Å². The van der Waals surface area contributed by atoms with Crippen LogP contribution in [0.3, 0.4) is 0 Å². The predicted octanol–water partition coefficient (Wildman–Crippen LogP) is 5.73. The number of piperidine rings is 1. The Balaban J connectivity index is 0.905. The van der Waals surface area contributed by atoms with E-state index in [2.05, 4.69) is 20.9 Å². The lowest BCUT2D eigenvalue weighted by Crippen LogP contribution is -2.40. The lowest BCUT2D eigenvalue weighted by atomic mass is 10.0. The Kier molecular flexibility index (Phi) is 11.9. The SMILES string of the molecule is O=C(CCN1CCC(OC(=O)Nc2ccccc2-c2ccccc2)CC1)NCCCCC(=O)Nc1ccc(C2OCCO2)cc1. The highest BCUT2D eigenvalue weighted by atomic mass is 16.7. The zero-order chi connectivity index (χ0) is 31.3. The third kappa shape index (κ3) is 10.1. The summed E-state index contributed by atoms with van der Waals surface area (Å²) in [4.78, 5) is 39.5. The Hall–Kier alpha value is -4.25. The molecule has 2 heterocycles. The Morgan fingerprint density at radius 1 is 0.778 bits per heavy atom. The molecule has 0 bridgehead atoms. The molecule has 3 aromatic carbocycles. The number of nitrogens with one attached hydrogen (secondary N) is 3. The van der Waals surface area contributed by atoms with Crippen molar-refractivity contribution in [3.8, 4) is 11.1 Å². The fourth-order valence-corrected chi connectivity index (χ4v) is 5.49. The Morgan fingerprint density at radius 3 is 2.24 bits per heavy atom. The summed E-state index contributed by atoms with van der Waals surface area (Å²) in [5.41, 5.74) is 4.35. The van der Waals surface area contributed by atoms with Gasteiger partial charge >= 0.3 is 6.09 Å². The third-order valence-electron chi connectivity index (χ3n) is 7.95. The summed E-state index contributed by atoms with van der Waals surface area (Å²) in [5.74, 6) is -0.0473. The summed E-state index contributed by atoms with van der Waals surface area (Å²) < 4.78 is 16.7. The highest BCUT2D eigenvalue weighted by molar-refractivity contribution is 5.92. The minimum atomic E-state index is -0.451. The standard InChI is InChI=1S/C35H42N4O6/c40-32(36-20-7-6-12-33(41)37-28-15-13-27(14-16-28)34-43-24-25-44-34)19-23-39-21-17-29(18-22-39)45-35(42)38-31-11-5-4-10-30(31)26-8-2-1-3-9-26/h1-5,8-11,13-16,29,34H,6-7,12,17-25H2,(H,36,40)(H,37,41)(H,38,42). The first-order valence-electron chi connectivity index (χ1n) is 15.8. The molecule has 0 radical (unpaired) electrons. The molecule has 0 aromatic heterocycles. The maximum atomic E-state index is 12.6. The van der Waals surface area contributed by atoms with Gasteiger partial charge in [-0.3, -0.25) is 14.9 Å². The fourth-order valence-electron chi connectivity index (χ4n) is 5.49. The summed E-state index contributed by atoms with van der Waals surface area (Å²) in [5, 5.41) is 8.76. The number of unbranched alkanes of at least 4 members (excludes halogenated alkanes) is 1. The molecule has 2 saturated heterocycles. The summed E-state index contributed by atoms with van der Waals surface area (Å²) in [7, 11) is 0. The molecule has 3 aromatic rings. The monoisotopic (exact) mass is 614 g/mol. The van der Waals surface area contributed by atoms with Gasteiger partial charge in [0.1, 0.15) is 6.10 Å². The highest BCUT2D eigenvalue weighted by Gasteiger charge is 2.23. The van der Waals surface area contributed by atoms with E-state index in [4.69, 9.17) is 14.2 Å². The van der Waals surface area contributed by atoms with Gasteiger partial charge in [0.25, 0.3) is 0 Å². The first kappa shape index (κ1) is 32.2. The maximum absolute atomic E-state index is 12.6. The molecular formula is C35H42N4O6. The van der Waals surface area contributed by atoms with E-state index in [-0.39, 0.29) is 24.2 Å². The number of hydrogen-bond donors (Lipinski definition) is 3. The summed E-state index contributed by atoms with van der Waals surface area (Å²) in [6.07, 6.45) is 2.74. The van der Waals surface area contributed by atoms with Crippen molar-refractivity contribution < 1.29 is 28.6 Å². The Labute approximate surface area is 264 Å². The van der Waals surface area contributed by atoms with Crippen LogP contribution in [0.4, 0.5) is 16.2 Å². The van der Waals surface area contributed by atoms with Gasteiger partial charge in [0.2, 0.25) is 11.8 Å². The fraction of sp³-hybridized carbons (Fsp3) is 0.400. The minimum absolute atomic E-state index is 0.00426. The number of likely N-dealkylation sites (tertiary alicyclic amines) is 1. The number of amides is 3. The second-order valence-corrected chi connectivity index (χ2v) is 11.3. The van der Waals surface area contributed by atoms with Crippen LogP contribution >= 0.6 is 0 Å². The van der Waals surface area contributed by atoms with E-state index in [9.17, 15) is 14.4 Å². The van der Waals surface area contributed by atoms with Crippen LogP contribution in [0.15, 0.2) is 78.9 Å². The molecule has 10 nitrogen and oxygen atoms in total. The predicted molar refractivity (Wildman–Crippen MR) is 173 cm³/mol. The molecule has 238 valence electrons. The van der Waals surface area contributed by atoms with Crippen molar-refractivity contribution in [3.05, 3.63) is 84.4 Å². The van der Waals surface area contributed by atoms with Crippen LogP contribution in [0.2, 0.25) is 0 Å².